The number of anilines is 1. The zero-order valence-corrected chi connectivity index (χ0v) is 15.6. The number of amides is 1. The van der Waals surface area contributed by atoms with Crippen molar-refractivity contribution in [2.24, 2.45) is 5.92 Å². The van der Waals surface area contributed by atoms with Gasteiger partial charge in [-0.15, -0.1) is 15.3 Å². The molecule has 2 fully saturated rings. The Morgan fingerprint density at radius 2 is 1.85 bits per heavy atom. The summed E-state index contributed by atoms with van der Waals surface area (Å²) >= 11 is 0. The van der Waals surface area contributed by atoms with E-state index in [2.05, 4.69) is 32.1 Å². The molecule has 7 heteroatoms. The molecular weight excluding hydrogens is 340 g/mol. The summed E-state index contributed by atoms with van der Waals surface area (Å²) in [4.78, 5) is 17.1. The van der Waals surface area contributed by atoms with Crippen LogP contribution >= 0.6 is 0 Å². The topological polar surface area (TPSA) is 66.6 Å². The van der Waals surface area contributed by atoms with Crippen LogP contribution in [0.4, 0.5) is 5.82 Å². The number of allylic oxidation sites excluding steroid dienone is 2. The molecule has 3 aliphatic rings. The minimum atomic E-state index is 0.182. The second-order valence-corrected chi connectivity index (χ2v) is 7.94. The van der Waals surface area contributed by atoms with E-state index in [1.54, 1.807) is 0 Å². The van der Waals surface area contributed by atoms with E-state index in [9.17, 15) is 4.79 Å². The number of nitrogens with zero attached hydrogens (tertiary/aromatic N) is 6. The van der Waals surface area contributed by atoms with E-state index in [1.165, 1.54) is 6.42 Å². The highest BCUT2D eigenvalue weighted by atomic mass is 16.2. The van der Waals surface area contributed by atoms with Gasteiger partial charge in [-0.25, -0.2) is 0 Å². The highest BCUT2D eigenvalue weighted by molar-refractivity contribution is 5.79. The van der Waals surface area contributed by atoms with Crippen LogP contribution in [0.2, 0.25) is 0 Å². The molecule has 0 bridgehead atoms. The van der Waals surface area contributed by atoms with Crippen LogP contribution in [0, 0.1) is 5.92 Å². The number of hydrogen-bond donors (Lipinski definition) is 0. The summed E-state index contributed by atoms with van der Waals surface area (Å²) < 4.78 is 1.92. The van der Waals surface area contributed by atoms with Crippen LogP contribution in [0.3, 0.4) is 0 Å². The number of likely N-dealkylation sites (tertiary alicyclic amines) is 1. The minimum absolute atomic E-state index is 0.182. The molecule has 1 aliphatic carbocycles. The van der Waals surface area contributed by atoms with Gasteiger partial charge in [0.1, 0.15) is 5.82 Å². The Labute approximate surface area is 159 Å². The molecule has 142 valence electrons. The van der Waals surface area contributed by atoms with Crippen LogP contribution in [-0.4, -0.2) is 56.8 Å². The average molecular weight is 366 g/mol. The Morgan fingerprint density at radius 1 is 1.00 bits per heavy atom. The smallest absolute Gasteiger partial charge is 0.226 e. The zero-order valence-electron chi connectivity index (χ0n) is 15.6. The molecule has 4 heterocycles. The van der Waals surface area contributed by atoms with Crippen LogP contribution in [0.1, 0.15) is 50.3 Å². The molecule has 0 radical (unpaired) electrons. The van der Waals surface area contributed by atoms with Crippen LogP contribution in [0.5, 0.6) is 0 Å². The first-order valence-electron chi connectivity index (χ1n) is 10.2. The molecule has 2 aromatic heterocycles. The zero-order chi connectivity index (χ0) is 18.2. The summed E-state index contributed by atoms with van der Waals surface area (Å²) in [7, 11) is 0. The van der Waals surface area contributed by atoms with Gasteiger partial charge >= 0.3 is 0 Å². The third-order valence-electron chi connectivity index (χ3n) is 6.24. The molecule has 2 aromatic rings. The van der Waals surface area contributed by atoms with E-state index in [4.69, 9.17) is 5.10 Å². The Hall–Kier alpha value is -2.44. The van der Waals surface area contributed by atoms with Crippen molar-refractivity contribution in [1.82, 2.24) is 24.7 Å². The van der Waals surface area contributed by atoms with Crippen LogP contribution in [-0.2, 0) is 4.79 Å². The number of aromatic nitrogens is 4. The maximum Gasteiger partial charge on any atom is 0.226 e. The van der Waals surface area contributed by atoms with Crippen molar-refractivity contribution < 1.29 is 4.79 Å². The average Bonchev–Trinajstić information content (AvgIpc) is 3.10. The Balaban J connectivity index is 1.29. The maximum absolute atomic E-state index is 12.8. The van der Waals surface area contributed by atoms with Gasteiger partial charge in [0.15, 0.2) is 11.5 Å². The third kappa shape index (κ3) is 3.09. The molecule has 1 atom stereocenters. The summed E-state index contributed by atoms with van der Waals surface area (Å²) in [6.45, 7) is 3.77. The summed E-state index contributed by atoms with van der Waals surface area (Å²) in [5.41, 5.74) is 0.807. The lowest BCUT2D eigenvalue weighted by atomic mass is 9.90. The van der Waals surface area contributed by atoms with Crippen molar-refractivity contribution in [3.63, 3.8) is 0 Å². The van der Waals surface area contributed by atoms with Crippen LogP contribution in [0.25, 0.3) is 5.65 Å². The first kappa shape index (κ1) is 16.7. The number of carbonyl (C=O) groups is 1. The van der Waals surface area contributed by atoms with Gasteiger partial charge in [-0.2, -0.15) is 4.52 Å². The quantitative estimate of drug-likeness (QED) is 0.781. The van der Waals surface area contributed by atoms with Gasteiger partial charge in [0.2, 0.25) is 5.91 Å². The standard InChI is InChI=1S/C20H26N6O/c27-20(16-5-2-1-3-6-16)25-13-9-15(10-14-25)19-22-21-17-7-8-18(23-26(17)19)24-11-4-12-24/h1-2,7-8,15-16H,3-6,9-14H2. The van der Waals surface area contributed by atoms with Gasteiger partial charge in [0.05, 0.1) is 0 Å². The highest BCUT2D eigenvalue weighted by Gasteiger charge is 2.31. The first-order chi connectivity index (χ1) is 13.3. The number of carbonyl (C=O) groups excluding carboxylic acids is 1. The highest BCUT2D eigenvalue weighted by Crippen LogP contribution is 2.30. The van der Waals surface area contributed by atoms with E-state index >= 15 is 0 Å². The molecule has 27 heavy (non-hydrogen) atoms. The lowest BCUT2D eigenvalue weighted by Crippen LogP contribution is -2.42. The molecule has 2 aliphatic heterocycles. The van der Waals surface area contributed by atoms with Gasteiger partial charge < -0.3 is 9.80 Å². The third-order valence-corrected chi connectivity index (χ3v) is 6.24. The van der Waals surface area contributed by atoms with Gasteiger partial charge in [-0.05, 0) is 50.7 Å². The number of fused-ring (bicyclic) bond motifs is 1. The molecular formula is C20H26N6O. The Bertz CT molecular complexity index is 862. The van der Waals surface area contributed by atoms with Gasteiger partial charge in [0, 0.05) is 38.0 Å². The molecule has 1 unspecified atom stereocenters. The predicted molar refractivity (Wildman–Crippen MR) is 103 cm³/mol. The molecule has 1 amide bonds. The second kappa shape index (κ2) is 6.94. The van der Waals surface area contributed by atoms with E-state index in [0.717, 1.165) is 75.6 Å². The summed E-state index contributed by atoms with van der Waals surface area (Å²) in [6.07, 6.45) is 10.4. The van der Waals surface area contributed by atoms with E-state index in [1.807, 2.05) is 16.6 Å². The van der Waals surface area contributed by atoms with E-state index < -0.39 is 0 Å². The van der Waals surface area contributed by atoms with Crippen LogP contribution < -0.4 is 4.90 Å². The molecule has 7 nitrogen and oxygen atoms in total. The number of piperidine rings is 1. The van der Waals surface area contributed by atoms with Gasteiger partial charge in [-0.1, -0.05) is 12.2 Å². The molecule has 2 saturated heterocycles. The second-order valence-electron chi connectivity index (χ2n) is 7.94. The summed E-state index contributed by atoms with van der Waals surface area (Å²) in [5, 5.41) is 13.5. The first-order valence-corrected chi connectivity index (χ1v) is 10.2. The van der Waals surface area contributed by atoms with Gasteiger partial charge in [-0.3, -0.25) is 4.79 Å². The number of hydrogen-bond acceptors (Lipinski definition) is 5. The van der Waals surface area contributed by atoms with Crippen molar-refractivity contribution in [3.05, 3.63) is 30.1 Å². The molecule has 0 N–H and O–H groups in total. The lowest BCUT2D eigenvalue weighted by Gasteiger charge is -2.34. The predicted octanol–water partition coefficient (Wildman–Crippen LogP) is 2.40. The van der Waals surface area contributed by atoms with Crippen molar-refractivity contribution in [3.8, 4) is 0 Å². The molecule has 0 aromatic carbocycles. The maximum atomic E-state index is 12.8. The Morgan fingerprint density at radius 3 is 2.56 bits per heavy atom. The number of rotatable bonds is 3. The van der Waals surface area contributed by atoms with Crippen molar-refractivity contribution in [2.75, 3.05) is 31.1 Å². The van der Waals surface area contributed by atoms with Crippen LogP contribution in [0.15, 0.2) is 24.3 Å². The molecule has 0 spiro atoms. The lowest BCUT2D eigenvalue weighted by molar-refractivity contribution is -0.136. The van der Waals surface area contributed by atoms with Gasteiger partial charge in [0.25, 0.3) is 0 Å². The minimum Gasteiger partial charge on any atom is -0.355 e. The monoisotopic (exact) mass is 366 g/mol. The van der Waals surface area contributed by atoms with E-state index in [0.29, 0.717) is 11.8 Å². The summed E-state index contributed by atoms with van der Waals surface area (Å²) in [6, 6.07) is 4.04. The molecule has 5 rings (SSSR count). The fourth-order valence-electron chi connectivity index (χ4n) is 4.40. The Kier molecular flexibility index (Phi) is 4.30. The van der Waals surface area contributed by atoms with Crippen molar-refractivity contribution in [1.29, 1.82) is 0 Å². The SMILES string of the molecule is O=C(C1CC=CCC1)N1CCC(c2nnc3ccc(N4CCC4)nn23)CC1. The normalized spacial score (nSPS) is 23.6. The fraction of sp³-hybridized carbons (Fsp3) is 0.600. The fourth-order valence-corrected chi connectivity index (χ4v) is 4.40. The van der Waals surface area contributed by atoms with Crippen molar-refractivity contribution >= 4 is 17.4 Å². The largest absolute Gasteiger partial charge is 0.355 e. The van der Waals surface area contributed by atoms with Crippen molar-refractivity contribution in [2.45, 2.75) is 44.4 Å². The van der Waals surface area contributed by atoms with E-state index in [-0.39, 0.29) is 5.92 Å². The summed E-state index contributed by atoms with van der Waals surface area (Å²) in [5.74, 6) is 2.78. The molecule has 0 saturated carbocycles.